The fourth-order valence-corrected chi connectivity index (χ4v) is 4.45. The summed E-state index contributed by atoms with van der Waals surface area (Å²) in [6.45, 7) is 2.96. The lowest BCUT2D eigenvalue weighted by atomic mass is 9.85. The van der Waals surface area contributed by atoms with Crippen molar-refractivity contribution in [2.75, 3.05) is 13.6 Å². The van der Waals surface area contributed by atoms with Crippen LogP contribution in [0.5, 0.6) is 5.75 Å². The van der Waals surface area contributed by atoms with Gasteiger partial charge >= 0.3 is 6.09 Å². The first-order valence-electron chi connectivity index (χ1n) is 12.0. The van der Waals surface area contributed by atoms with Gasteiger partial charge < -0.3 is 14.4 Å². The Hall–Kier alpha value is -2.64. The molecule has 32 heavy (non-hydrogen) atoms. The van der Waals surface area contributed by atoms with Gasteiger partial charge in [-0.15, -0.1) is 0 Å². The van der Waals surface area contributed by atoms with Crippen molar-refractivity contribution in [2.24, 2.45) is 13.0 Å². The molecule has 0 aromatic carbocycles. The first-order valence-corrected chi connectivity index (χ1v) is 12.0. The van der Waals surface area contributed by atoms with Gasteiger partial charge in [0.15, 0.2) is 11.6 Å². The van der Waals surface area contributed by atoms with E-state index >= 15 is 0 Å². The molecule has 2 aromatic rings. The summed E-state index contributed by atoms with van der Waals surface area (Å²) >= 11 is 0. The zero-order chi connectivity index (χ0) is 22.5. The number of carbonyl (C=O) groups excluding carboxylic acids is 1. The van der Waals surface area contributed by atoms with Crippen LogP contribution in [0, 0.1) is 5.92 Å². The van der Waals surface area contributed by atoms with Gasteiger partial charge in [0.25, 0.3) is 0 Å². The molecular weight excluding hydrogens is 406 g/mol. The number of aromatic nitrogens is 4. The number of rotatable bonds is 8. The molecule has 174 valence electrons. The van der Waals surface area contributed by atoms with Crippen LogP contribution in [0.1, 0.15) is 69.7 Å². The summed E-state index contributed by atoms with van der Waals surface area (Å²) in [6.07, 6.45) is 13.8. The monoisotopic (exact) mass is 441 g/mol. The van der Waals surface area contributed by atoms with Gasteiger partial charge in [0.2, 0.25) is 0 Å². The minimum absolute atomic E-state index is 0.130. The highest BCUT2D eigenvalue weighted by molar-refractivity contribution is 5.67. The summed E-state index contributed by atoms with van der Waals surface area (Å²) in [6, 6.07) is 0. The fraction of sp³-hybridized carbons (Fsp3) is 0.667. The second-order valence-electron chi connectivity index (χ2n) is 9.10. The Labute approximate surface area is 190 Å². The normalized spacial score (nSPS) is 17.1. The summed E-state index contributed by atoms with van der Waals surface area (Å²) in [5.41, 5.74) is 2.45. The van der Waals surface area contributed by atoms with E-state index in [1.54, 1.807) is 29.0 Å². The number of hydrogen-bond donors (Lipinski definition) is 0. The third-order valence-electron chi connectivity index (χ3n) is 6.71. The molecule has 0 atom stereocenters. The Morgan fingerprint density at radius 2 is 1.94 bits per heavy atom. The first kappa shape index (κ1) is 22.6. The Balaban J connectivity index is 1.44. The van der Waals surface area contributed by atoms with Crippen LogP contribution in [0.15, 0.2) is 12.4 Å². The molecule has 0 unspecified atom stereocenters. The number of amides is 1. The van der Waals surface area contributed by atoms with Gasteiger partial charge in [0, 0.05) is 20.6 Å². The van der Waals surface area contributed by atoms with Gasteiger partial charge in [-0.1, -0.05) is 19.8 Å². The largest absolute Gasteiger partial charge is 0.487 e. The highest BCUT2D eigenvalue weighted by atomic mass is 16.6. The van der Waals surface area contributed by atoms with Gasteiger partial charge in [-0.3, -0.25) is 4.68 Å². The minimum atomic E-state index is -0.310. The standard InChI is InChI=1S/C24H35N5O3/c1-4-20-22(32-18-11-6-5-7-12-18)14-25-23(27-20)19-13-26-29(3)21(19)16-31-24(30)28(2)15-17-9-8-10-17/h13-14,17-18H,4-12,15-16H2,1-3H3. The predicted octanol–water partition coefficient (Wildman–Crippen LogP) is 4.52. The Morgan fingerprint density at radius 1 is 1.16 bits per heavy atom. The molecule has 4 rings (SSSR count). The van der Waals surface area contributed by atoms with Crippen molar-refractivity contribution in [3.63, 3.8) is 0 Å². The average Bonchev–Trinajstić information content (AvgIpc) is 3.15. The van der Waals surface area contributed by atoms with E-state index < -0.39 is 0 Å². The molecule has 8 heteroatoms. The molecule has 2 aliphatic rings. The van der Waals surface area contributed by atoms with E-state index in [4.69, 9.17) is 14.5 Å². The van der Waals surface area contributed by atoms with Crippen molar-refractivity contribution in [3.05, 3.63) is 23.8 Å². The summed E-state index contributed by atoms with van der Waals surface area (Å²) < 4.78 is 13.5. The molecule has 8 nitrogen and oxygen atoms in total. The van der Waals surface area contributed by atoms with Crippen LogP contribution < -0.4 is 4.74 Å². The number of nitrogens with zero attached hydrogens (tertiary/aromatic N) is 5. The molecule has 2 saturated carbocycles. The maximum Gasteiger partial charge on any atom is 0.409 e. The molecule has 2 aliphatic carbocycles. The Kier molecular flexibility index (Phi) is 7.27. The van der Waals surface area contributed by atoms with Gasteiger partial charge in [-0.25, -0.2) is 14.8 Å². The Bertz CT molecular complexity index is 918. The van der Waals surface area contributed by atoms with E-state index in [-0.39, 0.29) is 18.8 Å². The van der Waals surface area contributed by atoms with Gasteiger partial charge in [-0.05, 0) is 50.9 Å². The highest BCUT2D eigenvalue weighted by Gasteiger charge is 2.23. The summed E-state index contributed by atoms with van der Waals surface area (Å²) in [7, 11) is 3.64. The van der Waals surface area contributed by atoms with E-state index in [9.17, 15) is 4.79 Å². The third-order valence-corrected chi connectivity index (χ3v) is 6.71. The lowest BCUT2D eigenvalue weighted by Gasteiger charge is -2.29. The smallest absolute Gasteiger partial charge is 0.409 e. The molecule has 1 amide bonds. The van der Waals surface area contributed by atoms with Crippen molar-refractivity contribution < 1.29 is 14.3 Å². The molecule has 0 N–H and O–H groups in total. The maximum absolute atomic E-state index is 12.4. The van der Waals surface area contributed by atoms with E-state index in [1.807, 2.05) is 7.05 Å². The van der Waals surface area contributed by atoms with Crippen LogP contribution >= 0.6 is 0 Å². The van der Waals surface area contributed by atoms with E-state index in [0.717, 1.165) is 48.5 Å². The molecule has 2 aromatic heterocycles. The maximum atomic E-state index is 12.4. The zero-order valence-corrected chi connectivity index (χ0v) is 19.5. The van der Waals surface area contributed by atoms with Crippen LogP contribution in [-0.2, 0) is 24.8 Å². The lowest BCUT2D eigenvalue weighted by molar-refractivity contribution is 0.0913. The molecule has 2 fully saturated rings. The van der Waals surface area contributed by atoms with Crippen LogP contribution in [0.25, 0.3) is 11.4 Å². The minimum Gasteiger partial charge on any atom is -0.487 e. The van der Waals surface area contributed by atoms with Crippen LogP contribution in [0.3, 0.4) is 0 Å². The molecule has 0 bridgehead atoms. The van der Waals surface area contributed by atoms with Crippen molar-refractivity contribution >= 4 is 6.09 Å². The van der Waals surface area contributed by atoms with Crippen LogP contribution in [0.4, 0.5) is 4.79 Å². The molecule has 2 heterocycles. The number of aryl methyl sites for hydroxylation is 2. The summed E-state index contributed by atoms with van der Waals surface area (Å²) in [5.74, 6) is 1.97. The summed E-state index contributed by atoms with van der Waals surface area (Å²) in [4.78, 5) is 23.5. The molecule has 0 radical (unpaired) electrons. The van der Waals surface area contributed by atoms with Crippen molar-refractivity contribution in [2.45, 2.75) is 77.4 Å². The molecule has 0 aliphatic heterocycles. The number of ether oxygens (including phenoxy) is 2. The molecular formula is C24H35N5O3. The van der Waals surface area contributed by atoms with E-state index in [2.05, 4.69) is 17.0 Å². The third kappa shape index (κ3) is 5.22. The second-order valence-corrected chi connectivity index (χ2v) is 9.10. The van der Waals surface area contributed by atoms with Gasteiger partial charge in [-0.2, -0.15) is 5.10 Å². The van der Waals surface area contributed by atoms with Crippen molar-refractivity contribution in [1.82, 2.24) is 24.6 Å². The lowest BCUT2D eigenvalue weighted by Crippen LogP contribution is -2.34. The molecule has 0 saturated heterocycles. The SMILES string of the molecule is CCc1nc(-c2cnn(C)c2COC(=O)N(C)CC2CCC2)ncc1OC1CCCCC1. The fourth-order valence-electron chi connectivity index (χ4n) is 4.45. The van der Waals surface area contributed by atoms with Crippen LogP contribution in [0.2, 0.25) is 0 Å². The first-order chi connectivity index (χ1) is 15.5. The summed E-state index contributed by atoms with van der Waals surface area (Å²) in [5, 5.41) is 4.36. The van der Waals surface area contributed by atoms with Gasteiger partial charge in [0.05, 0.1) is 35.4 Å². The topological polar surface area (TPSA) is 82.4 Å². The van der Waals surface area contributed by atoms with Crippen molar-refractivity contribution in [3.8, 4) is 17.1 Å². The zero-order valence-electron chi connectivity index (χ0n) is 19.5. The number of carbonyl (C=O) groups is 1. The van der Waals surface area contributed by atoms with Gasteiger partial charge in [0.1, 0.15) is 6.61 Å². The Morgan fingerprint density at radius 3 is 2.62 bits per heavy atom. The predicted molar refractivity (Wildman–Crippen MR) is 121 cm³/mol. The number of hydrogen-bond acceptors (Lipinski definition) is 6. The van der Waals surface area contributed by atoms with Crippen molar-refractivity contribution in [1.29, 1.82) is 0 Å². The molecule has 0 spiro atoms. The quantitative estimate of drug-likeness (QED) is 0.599. The van der Waals surface area contributed by atoms with E-state index in [0.29, 0.717) is 11.7 Å². The van der Waals surface area contributed by atoms with Crippen LogP contribution in [-0.4, -0.2) is 50.4 Å². The second kappa shape index (κ2) is 10.3. The highest BCUT2D eigenvalue weighted by Crippen LogP contribution is 2.29. The average molecular weight is 442 g/mol. The van der Waals surface area contributed by atoms with E-state index in [1.165, 1.54) is 38.5 Å².